The van der Waals surface area contributed by atoms with Crippen LogP contribution < -0.4 is 11.3 Å². The Morgan fingerprint density at radius 3 is 2.88 bits per heavy atom. The molecule has 0 aliphatic rings. The van der Waals surface area contributed by atoms with Gasteiger partial charge in [0.1, 0.15) is 0 Å². The largest absolute Gasteiger partial charge is 0.271 e. The summed E-state index contributed by atoms with van der Waals surface area (Å²) >= 11 is 8.29. The summed E-state index contributed by atoms with van der Waals surface area (Å²) in [7, 11) is 0. The van der Waals surface area contributed by atoms with Crippen LogP contribution in [-0.2, 0) is 0 Å². The fraction of sp³-hybridized carbons (Fsp3) is 0.333. The van der Waals surface area contributed by atoms with E-state index in [0.29, 0.717) is 0 Å². The highest BCUT2D eigenvalue weighted by Gasteiger charge is 2.13. The Balaban J connectivity index is 2.85. The van der Waals surface area contributed by atoms with Gasteiger partial charge in [-0.15, -0.1) is 6.58 Å². The highest BCUT2D eigenvalue weighted by atomic mass is 127. The van der Waals surface area contributed by atoms with Crippen molar-refractivity contribution in [1.82, 2.24) is 5.43 Å². The molecule has 0 saturated carbocycles. The molecule has 0 fully saturated rings. The molecule has 1 unspecified atom stereocenters. The monoisotopic (exact) mass is 350 g/mol. The Kier molecular flexibility index (Phi) is 5.75. The quantitative estimate of drug-likeness (QED) is 0.367. The van der Waals surface area contributed by atoms with E-state index in [-0.39, 0.29) is 6.04 Å². The van der Waals surface area contributed by atoms with E-state index in [4.69, 9.17) is 17.4 Å². The number of rotatable bonds is 5. The maximum absolute atomic E-state index is 5.99. The van der Waals surface area contributed by atoms with Crippen LogP contribution >= 0.6 is 34.2 Å². The third-order valence-corrected chi connectivity index (χ3v) is 3.61. The van der Waals surface area contributed by atoms with E-state index in [1.165, 1.54) is 3.57 Å². The molecule has 1 aromatic rings. The van der Waals surface area contributed by atoms with Crippen molar-refractivity contribution in [3.05, 3.63) is 44.5 Å². The molecule has 0 aliphatic heterocycles. The minimum absolute atomic E-state index is 0.127. The second-order valence-electron chi connectivity index (χ2n) is 3.88. The molecule has 3 N–H and O–H groups in total. The van der Waals surface area contributed by atoms with Gasteiger partial charge in [0.05, 0.1) is 0 Å². The zero-order valence-electron chi connectivity index (χ0n) is 9.26. The Morgan fingerprint density at radius 1 is 1.62 bits per heavy atom. The van der Waals surface area contributed by atoms with Gasteiger partial charge in [0.2, 0.25) is 0 Å². The Labute approximate surface area is 115 Å². The van der Waals surface area contributed by atoms with Gasteiger partial charge in [-0.05, 0) is 66.1 Å². The van der Waals surface area contributed by atoms with Crippen molar-refractivity contribution in [3.63, 3.8) is 0 Å². The standard InChI is InChI=1S/C12H16ClIN2/c1-8(2)3-6-12(16-15)10-7-9(13)4-5-11(10)14/h4-5,7,12,16H,1,3,6,15H2,2H3. The summed E-state index contributed by atoms with van der Waals surface area (Å²) in [5, 5.41) is 0.742. The molecule has 0 amide bonds. The summed E-state index contributed by atoms with van der Waals surface area (Å²) in [6.07, 6.45) is 1.89. The summed E-state index contributed by atoms with van der Waals surface area (Å²) < 4.78 is 1.17. The van der Waals surface area contributed by atoms with Gasteiger partial charge >= 0.3 is 0 Å². The smallest absolute Gasteiger partial charge is 0.0474 e. The molecule has 1 rings (SSSR count). The Hall–Kier alpha value is -0.100. The summed E-state index contributed by atoms with van der Waals surface area (Å²) in [5.74, 6) is 5.58. The van der Waals surface area contributed by atoms with Gasteiger partial charge in [0.25, 0.3) is 0 Å². The highest BCUT2D eigenvalue weighted by molar-refractivity contribution is 14.1. The number of allylic oxidation sites excluding steroid dienone is 1. The minimum atomic E-state index is 0.127. The van der Waals surface area contributed by atoms with Crippen LogP contribution in [0.5, 0.6) is 0 Å². The van der Waals surface area contributed by atoms with E-state index in [1.807, 2.05) is 25.1 Å². The van der Waals surface area contributed by atoms with Gasteiger partial charge in [-0.1, -0.05) is 17.2 Å². The fourth-order valence-corrected chi connectivity index (χ4v) is 2.39. The number of hydrazine groups is 1. The lowest BCUT2D eigenvalue weighted by atomic mass is 10.0. The first-order chi connectivity index (χ1) is 7.54. The topological polar surface area (TPSA) is 38.0 Å². The average molecular weight is 351 g/mol. The lowest BCUT2D eigenvalue weighted by Gasteiger charge is -2.18. The molecular formula is C12H16ClIN2. The third kappa shape index (κ3) is 4.05. The summed E-state index contributed by atoms with van der Waals surface area (Å²) in [6, 6.07) is 5.98. The molecule has 0 bridgehead atoms. The zero-order valence-corrected chi connectivity index (χ0v) is 12.2. The lowest BCUT2D eigenvalue weighted by Crippen LogP contribution is -2.28. The first kappa shape index (κ1) is 14.0. The van der Waals surface area contributed by atoms with Crippen LogP contribution in [0.2, 0.25) is 5.02 Å². The van der Waals surface area contributed by atoms with Crippen molar-refractivity contribution in [2.75, 3.05) is 0 Å². The van der Waals surface area contributed by atoms with Crippen LogP contribution in [0, 0.1) is 3.57 Å². The second-order valence-corrected chi connectivity index (χ2v) is 5.48. The number of hydrogen-bond donors (Lipinski definition) is 2. The first-order valence-electron chi connectivity index (χ1n) is 5.10. The molecule has 0 aromatic heterocycles. The maximum Gasteiger partial charge on any atom is 0.0474 e. The van der Waals surface area contributed by atoms with Gasteiger partial charge in [0, 0.05) is 14.6 Å². The van der Waals surface area contributed by atoms with Crippen molar-refractivity contribution >= 4 is 34.2 Å². The maximum atomic E-state index is 5.99. The molecule has 2 nitrogen and oxygen atoms in total. The summed E-state index contributed by atoms with van der Waals surface area (Å²) in [6.45, 7) is 5.92. The van der Waals surface area contributed by atoms with Crippen molar-refractivity contribution in [2.45, 2.75) is 25.8 Å². The number of hydrogen-bond acceptors (Lipinski definition) is 2. The van der Waals surface area contributed by atoms with Crippen molar-refractivity contribution in [3.8, 4) is 0 Å². The number of nitrogens with one attached hydrogen (secondary N) is 1. The molecule has 4 heteroatoms. The lowest BCUT2D eigenvalue weighted by molar-refractivity contribution is 0.514. The SMILES string of the molecule is C=C(C)CCC(NN)c1cc(Cl)ccc1I. The summed E-state index contributed by atoms with van der Waals surface area (Å²) in [4.78, 5) is 0. The van der Waals surface area contributed by atoms with Gasteiger partial charge in [-0.2, -0.15) is 0 Å². The van der Waals surface area contributed by atoms with Gasteiger partial charge in [-0.3, -0.25) is 11.3 Å². The van der Waals surface area contributed by atoms with E-state index in [0.717, 1.165) is 29.0 Å². The predicted octanol–water partition coefficient (Wildman–Crippen LogP) is 3.81. The van der Waals surface area contributed by atoms with Crippen LogP contribution in [0.4, 0.5) is 0 Å². The van der Waals surface area contributed by atoms with Crippen molar-refractivity contribution < 1.29 is 0 Å². The Bertz CT molecular complexity index is 379. The summed E-state index contributed by atoms with van der Waals surface area (Å²) in [5.41, 5.74) is 5.15. The number of halogens is 2. The van der Waals surface area contributed by atoms with Crippen LogP contribution in [0.3, 0.4) is 0 Å². The van der Waals surface area contributed by atoms with E-state index in [1.54, 1.807) is 0 Å². The molecule has 0 saturated heterocycles. The van der Waals surface area contributed by atoms with Crippen LogP contribution in [0.15, 0.2) is 30.4 Å². The first-order valence-corrected chi connectivity index (χ1v) is 6.55. The normalized spacial score (nSPS) is 12.5. The van der Waals surface area contributed by atoms with Crippen molar-refractivity contribution in [2.24, 2.45) is 5.84 Å². The van der Waals surface area contributed by atoms with Gasteiger partial charge in [0.15, 0.2) is 0 Å². The molecular weight excluding hydrogens is 335 g/mol. The highest BCUT2D eigenvalue weighted by Crippen LogP contribution is 2.27. The molecule has 1 aromatic carbocycles. The van der Waals surface area contributed by atoms with E-state index >= 15 is 0 Å². The molecule has 0 heterocycles. The zero-order chi connectivity index (χ0) is 12.1. The van der Waals surface area contributed by atoms with E-state index in [9.17, 15) is 0 Å². The molecule has 88 valence electrons. The molecule has 0 radical (unpaired) electrons. The fourth-order valence-electron chi connectivity index (χ4n) is 1.50. The van der Waals surface area contributed by atoms with Gasteiger partial charge in [-0.25, -0.2) is 0 Å². The second kappa shape index (κ2) is 6.59. The van der Waals surface area contributed by atoms with E-state index in [2.05, 4.69) is 34.6 Å². The molecule has 1 atom stereocenters. The Morgan fingerprint density at radius 2 is 2.31 bits per heavy atom. The minimum Gasteiger partial charge on any atom is -0.271 e. The van der Waals surface area contributed by atoms with E-state index < -0.39 is 0 Å². The predicted molar refractivity (Wildman–Crippen MR) is 78.3 cm³/mol. The molecule has 0 aliphatic carbocycles. The average Bonchev–Trinajstić information content (AvgIpc) is 2.23. The third-order valence-electron chi connectivity index (χ3n) is 2.39. The van der Waals surface area contributed by atoms with Crippen LogP contribution in [0.25, 0.3) is 0 Å². The van der Waals surface area contributed by atoms with Gasteiger partial charge < -0.3 is 0 Å². The molecule has 0 spiro atoms. The molecule has 16 heavy (non-hydrogen) atoms. The number of benzene rings is 1. The van der Waals surface area contributed by atoms with Crippen LogP contribution in [-0.4, -0.2) is 0 Å². The number of nitrogens with two attached hydrogens (primary N) is 1. The van der Waals surface area contributed by atoms with Crippen molar-refractivity contribution in [1.29, 1.82) is 0 Å². The van der Waals surface area contributed by atoms with Crippen LogP contribution in [0.1, 0.15) is 31.4 Å².